The van der Waals surface area contributed by atoms with Crippen LogP contribution in [0.1, 0.15) is 24.3 Å². The quantitative estimate of drug-likeness (QED) is 0.784. The van der Waals surface area contributed by atoms with Crippen molar-refractivity contribution in [1.82, 2.24) is 5.32 Å². The Kier molecular flexibility index (Phi) is 4.01. The lowest BCUT2D eigenvalue weighted by Crippen LogP contribution is -2.42. The monoisotopic (exact) mass is 263 g/mol. The molecule has 19 heavy (non-hydrogen) atoms. The standard InChI is InChI=1S/C13H14FN3O2/c14-9-4-1-3-8(7-9)11-12(18)16-10(5-2-6-15)17-13(11)19/h1,3-4,7,11H,2,5-6,15H2,(H,16,17,18,19). The van der Waals surface area contributed by atoms with E-state index in [-0.39, 0.29) is 0 Å². The molecule has 0 aromatic heterocycles. The number of carbonyl (C=O) groups excluding carboxylic acids is 2. The number of benzene rings is 1. The van der Waals surface area contributed by atoms with Gasteiger partial charge in [0.25, 0.3) is 5.91 Å². The average Bonchev–Trinajstić information content (AvgIpc) is 2.35. The van der Waals surface area contributed by atoms with Gasteiger partial charge in [-0.2, -0.15) is 4.99 Å². The second-order valence-corrected chi connectivity index (χ2v) is 4.27. The van der Waals surface area contributed by atoms with Crippen LogP contribution in [0.4, 0.5) is 4.39 Å². The minimum atomic E-state index is -1.07. The Morgan fingerprint density at radius 1 is 1.37 bits per heavy atom. The molecule has 5 nitrogen and oxygen atoms in total. The van der Waals surface area contributed by atoms with Gasteiger partial charge >= 0.3 is 0 Å². The molecule has 6 heteroatoms. The van der Waals surface area contributed by atoms with Crippen LogP contribution in [0.25, 0.3) is 0 Å². The number of hydrogen-bond acceptors (Lipinski definition) is 3. The lowest BCUT2D eigenvalue weighted by atomic mass is 9.96. The van der Waals surface area contributed by atoms with Crippen LogP contribution in [0.3, 0.4) is 0 Å². The lowest BCUT2D eigenvalue weighted by molar-refractivity contribution is -0.129. The first kappa shape index (κ1) is 13.4. The Hall–Kier alpha value is -2.08. The van der Waals surface area contributed by atoms with Crippen molar-refractivity contribution in [3.63, 3.8) is 0 Å². The fourth-order valence-electron chi connectivity index (χ4n) is 1.92. The van der Waals surface area contributed by atoms with Crippen molar-refractivity contribution >= 4 is 17.6 Å². The van der Waals surface area contributed by atoms with E-state index in [1.165, 1.54) is 24.3 Å². The molecule has 0 saturated carbocycles. The molecule has 1 aromatic carbocycles. The van der Waals surface area contributed by atoms with Gasteiger partial charge in [-0.1, -0.05) is 12.1 Å². The highest BCUT2D eigenvalue weighted by Gasteiger charge is 2.33. The van der Waals surface area contributed by atoms with Gasteiger partial charge in [0.15, 0.2) is 0 Å². The summed E-state index contributed by atoms with van der Waals surface area (Å²) in [7, 11) is 0. The van der Waals surface area contributed by atoms with E-state index in [1.807, 2.05) is 0 Å². The Morgan fingerprint density at radius 2 is 2.16 bits per heavy atom. The Balaban J connectivity index is 2.22. The number of aliphatic imine (C=N–C) groups is 1. The smallest absolute Gasteiger partial charge is 0.264 e. The number of halogens is 1. The molecule has 2 rings (SSSR count). The number of amidine groups is 1. The molecule has 3 N–H and O–H groups in total. The summed E-state index contributed by atoms with van der Waals surface area (Å²) >= 11 is 0. The first-order chi connectivity index (χ1) is 9.11. The molecule has 1 atom stereocenters. The molecule has 1 heterocycles. The van der Waals surface area contributed by atoms with Crippen LogP contribution in [-0.4, -0.2) is 24.2 Å². The normalized spacial score (nSPS) is 19.1. The Bertz CT molecular complexity index is 542. The van der Waals surface area contributed by atoms with Gasteiger partial charge in [0.05, 0.1) is 0 Å². The van der Waals surface area contributed by atoms with Crippen LogP contribution in [-0.2, 0) is 9.59 Å². The largest absolute Gasteiger partial charge is 0.330 e. The van der Waals surface area contributed by atoms with Crippen molar-refractivity contribution in [2.75, 3.05) is 6.54 Å². The molecule has 1 unspecified atom stereocenters. The minimum absolute atomic E-state index is 0.309. The highest BCUT2D eigenvalue weighted by Crippen LogP contribution is 2.21. The SMILES string of the molecule is NCCCC1=NC(=O)C(c2cccc(F)c2)C(=O)N1. The predicted octanol–water partition coefficient (Wildman–Crippen LogP) is 0.703. The molecule has 0 radical (unpaired) electrons. The molecular formula is C13H14FN3O2. The molecule has 0 fully saturated rings. The highest BCUT2D eigenvalue weighted by molar-refractivity contribution is 6.18. The molecule has 1 aromatic rings. The molecule has 1 aliphatic heterocycles. The van der Waals surface area contributed by atoms with Gasteiger partial charge in [-0.25, -0.2) is 4.39 Å². The van der Waals surface area contributed by atoms with E-state index in [9.17, 15) is 14.0 Å². The summed E-state index contributed by atoms with van der Waals surface area (Å²) in [6.07, 6.45) is 1.08. The third-order valence-corrected chi connectivity index (χ3v) is 2.82. The summed E-state index contributed by atoms with van der Waals surface area (Å²) in [5.41, 5.74) is 5.67. The topological polar surface area (TPSA) is 84.5 Å². The fourth-order valence-corrected chi connectivity index (χ4v) is 1.92. The molecule has 1 aliphatic rings. The van der Waals surface area contributed by atoms with Gasteiger partial charge in [-0.3, -0.25) is 9.59 Å². The van der Waals surface area contributed by atoms with Crippen LogP contribution in [0.15, 0.2) is 29.3 Å². The summed E-state index contributed by atoms with van der Waals surface area (Å²) < 4.78 is 13.1. The molecular weight excluding hydrogens is 249 g/mol. The number of carbonyl (C=O) groups is 2. The molecule has 0 aliphatic carbocycles. The van der Waals surface area contributed by atoms with E-state index in [2.05, 4.69) is 10.3 Å². The van der Waals surface area contributed by atoms with Crippen LogP contribution < -0.4 is 11.1 Å². The van der Waals surface area contributed by atoms with Gasteiger partial charge in [-0.15, -0.1) is 0 Å². The van der Waals surface area contributed by atoms with Crippen LogP contribution >= 0.6 is 0 Å². The molecule has 0 spiro atoms. The molecule has 100 valence electrons. The van der Waals surface area contributed by atoms with Crippen LogP contribution in [0.2, 0.25) is 0 Å². The third-order valence-electron chi connectivity index (χ3n) is 2.82. The third kappa shape index (κ3) is 3.03. The fraction of sp³-hybridized carbons (Fsp3) is 0.308. The zero-order valence-corrected chi connectivity index (χ0v) is 10.2. The molecule has 0 bridgehead atoms. The second kappa shape index (κ2) is 5.71. The van der Waals surface area contributed by atoms with Crippen LogP contribution in [0, 0.1) is 5.82 Å². The number of hydrogen-bond donors (Lipinski definition) is 2. The number of rotatable bonds is 4. The van der Waals surface area contributed by atoms with E-state index in [4.69, 9.17) is 5.73 Å². The van der Waals surface area contributed by atoms with Crippen molar-refractivity contribution in [2.24, 2.45) is 10.7 Å². The van der Waals surface area contributed by atoms with Crippen molar-refractivity contribution in [2.45, 2.75) is 18.8 Å². The van der Waals surface area contributed by atoms with Gasteiger partial charge in [0, 0.05) is 6.42 Å². The predicted molar refractivity (Wildman–Crippen MR) is 68.0 cm³/mol. The zero-order chi connectivity index (χ0) is 13.8. The van der Waals surface area contributed by atoms with Crippen molar-refractivity contribution in [3.05, 3.63) is 35.6 Å². The summed E-state index contributed by atoms with van der Waals surface area (Å²) in [6.45, 7) is 0.455. The van der Waals surface area contributed by atoms with Crippen LogP contribution in [0.5, 0.6) is 0 Å². The van der Waals surface area contributed by atoms with Gasteiger partial charge in [0.1, 0.15) is 17.6 Å². The Labute approximate surface area is 109 Å². The number of nitrogens with one attached hydrogen (secondary N) is 1. The van der Waals surface area contributed by atoms with Gasteiger partial charge in [0.2, 0.25) is 5.91 Å². The maximum Gasteiger partial charge on any atom is 0.264 e. The van der Waals surface area contributed by atoms with Gasteiger partial charge < -0.3 is 11.1 Å². The first-order valence-electron chi connectivity index (χ1n) is 5.99. The summed E-state index contributed by atoms with van der Waals surface area (Å²) in [5.74, 6) is -2.28. The van der Waals surface area contributed by atoms with E-state index < -0.39 is 23.5 Å². The second-order valence-electron chi connectivity index (χ2n) is 4.27. The van der Waals surface area contributed by atoms with Crippen molar-refractivity contribution in [1.29, 1.82) is 0 Å². The maximum absolute atomic E-state index is 13.1. The summed E-state index contributed by atoms with van der Waals surface area (Å²) in [6, 6.07) is 5.41. The lowest BCUT2D eigenvalue weighted by Gasteiger charge is -2.20. The average molecular weight is 263 g/mol. The maximum atomic E-state index is 13.1. The first-order valence-corrected chi connectivity index (χ1v) is 5.99. The van der Waals surface area contributed by atoms with Crippen molar-refractivity contribution < 1.29 is 14.0 Å². The van der Waals surface area contributed by atoms with Gasteiger partial charge in [-0.05, 0) is 30.7 Å². The van der Waals surface area contributed by atoms with Crippen molar-refractivity contribution in [3.8, 4) is 0 Å². The highest BCUT2D eigenvalue weighted by atomic mass is 19.1. The molecule has 0 saturated heterocycles. The zero-order valence-electron chi connectivity index (χ0n) is 10.2. The van der Waals surface area contributed by atoms with E-state index in [1.54, 1.807) is 0 Å². The van der Waals surface area contributed by atoms with E-state index >= 15 is 0 Å². The Morgan fingerprint density at radius 3 is 2.79 bits per heavy atom. The van der Waals surface area contributed by atoms with E-state index in [0.717, 1.165) is 0 Å². The number of nitrogens with two attached hydrogens (primary N) is 1. The number of nitrogens with zero attached hydrogens (tertiary/aromatic N) is 1. The number of amides is 2. The van der Waals surface area contributed by atoms with E-state index in [0.29, 0.717) is 30.8 Å². The molecule has 2 amide bonds. The summed E-state index contributed by atoms with van der Waals surface area (Å²) in [5, 5.41) is 2.56. The summed E-state index contributed by atoms with van der Waals surface area (Å²) in [4.78, 5) is 27.6. The minimum Gasteiger partial charge on any atom is -0.330 e.